The van der Waals surface area contributed by atoms with E-state index in [-0.39, 0.29) is 71.6 Å². The van der Waals surface area contributed by atoms with Crippen molar-refractivity contribution in [2.45, 2.75) is 167 Å². The molecule has 7 unspecified atom stereocenters. The van der Waals surface area contributed by atoms with Gasteiger partial charge in [0, 0.05) is 49.2 Å². The summed E-state index contributed by atoms with van der Waals surface area (Å²) in [6.07, 6.45) is 5.68. The van der Waals surface area contributed by atoms with Crippen molar-refractivity contribution < 1.29 is 9.59 Å². The fraction of sp³-hybridized carbons (Fsp3) is 0.508. The molecular weight excluding hydrogens is 852 g/mol. The van der Waals surface area contributed by atoms with Gasteiger partial charge in [0.05, 0.1) is 6.04 Å². The fourth-order valence-electron chi connectivity index (χ4n) is 9.51. The second-order valence-electron chi connectivity index (χ2n) is 24.5. The summed E-state index contributed by atoms with van der Waals surface area (Å²) in [5.41, 5.74) is 7.82. The SMILES string of the molecule is C=C(C)C(C)CC(C)C(C)(C)CC(=C)C(Cc1ccc(C(=O)c2ccccc2)cc1)NC(C)C(C)(C)CC(=C)C(C)CC(C)C(C)(C)CC(=O)C(Cc1ccc2ccccc2c1)NC(=C)C(C)(C)C.[B]. The number of fused-ring (bicyclic) bond motifs is 1. The van der Waals surface area contributed by atoms with Crippen LogP contribution in [0, 0.1) is 45.3 Å². The first-order valence-corrected chi connectivity index (χ1v) is 25.9. The first kappa shape index (κ1) is 59.6. The Hall–Kier alpha value is -4.74. The lowest BCUT2D eigenvalue weighted by Gasteiger charge is -2.40. The minimum atomic E-state index is -0.366. The molecule has 4 nitrogen and oxygen atoms in total. The number of ketones is 2. The highest BCUT2D eigenvalue weighted by Gasteiger charge is 2.36. The zero-order valence-electron chi connectivity index (χ0n) is 46.5. The molecule has 7 atom stereocenters. The van der Waals surface area contributed by atoms with E-state index in [1.165, 1.54) is 33.1 Å². The molecule has 0 aliphatic rings. The van der Waals surface area contributed by atoms with Crippen LogP contribution in [0.3, 0.4) is 0 Å². The first-order chi connectivity index (χ1) is 32.0. The van der Waals surface area contributed by atoms with E-state index in [4.69, 9.17) is 13.2 Å². The zero-order chi connectivity index (χ0) is 51.6. The van der Waals surface area contributed by atoms with Gasteiger partial charge in [-0.05, 0) is 114 Å². The molecule has 3 radical (unpaired) electrons. The lowest BCUT2D eigenvalue weighted by Crippen LogP contribution is -2.47. The monoisotopic (exact) mass is 944 g/mol. The Labute approximate surface area is 429 Å². The van der Waals surface area contributed by atoms with Crippen molar-refractivity contribution in [3.05, 3.63) is 168 Å². The lowest BCUT2D eigenvalue weighted by molar-refractivity contribution is -0.123. The molecule has 0 heterocycles. The predicted molar refractivity (Wildman–Crippen MR) is 305 cm³/mol. The maximum absolute atomic E-state index is 14.4. The lowest BCUT2D eigenvalue weighted by atomic mass is 9.69. The number of benzene rings is 4. The van der Waals surface area contributed by atoms with Crippen LogP contribution in [0.15, 0.2) is 146 Å². The van der Waals surface area contributed by atoms with Crippen LogP contribution >= 0.6 is 0 Å². The minimum Gasteiger partial charge on any atom is -0.378 e. The van der Waals surface area contributed by atoms with Crippen LogP contribution in [0.1, 0.15) is 163 Å². The molecule has 4 aromatic rings. The van der Waals surface area contributed by atoms with Crippen LogP contribution in [0.25, 0.3) is 10.8 Å². The highest BCUT2D eigenvalue weighted by molar-refractivity contribution is 6.08. The molecule has 0 aliphatic heterocycles. The summed E-state index contributed by atoms with van der Waals surface area (Å²) in [6, 6.07) is 32.4. The predicted octanol–water partition coefficient (Wildman–Crippen LogP) is 16.2. The van der Waals surface area contributed by atoms with Gasteiger partial charge in [-0.15, -0.1) is 0 Å². The molecule has 377 valence electrons. The summed E-state index contributed by atoms with van der Waals surface area (Å²) in [6.45, 7) is 52.3. The van der Waals surface area contributed by atoms with E-state index in [0.29, 0.717) is 35.8 Å². The molecule has 2 N–H and O–H groups in total. The molecule has 0 amide bonds. The number of hydrogen-bond donors (Lipinski definition) is 2. The molecule has 70 heavy (non-hydrogen) atoms. The van der Waals surface area contributed by atoms with Crippen molar-refractivity contribution in [1.82, 2.24) is 10.6 Å². The topological polar surface area (TPSA) is 58.2 Å². The van der Waals surface area contributed by atoms with Crippen molar-refractivity contribution in [3.8, 4) is 0 Å². The highest BCUT2D eigenvalue weighted by Crippen LogP contribution is 2.42. The number of nitrogens with one attached hydrogen (secondary N) is 2. The number of Topliss-reactive ketones (excluding diaryl/α,β-unsaturated/α-hetero) is 1. The Morgan fingerprint density at radius 1 is 0.543 bits per heavy atom. The Bertz CT molecular complexity index is 2400. The standard InChI is InChI=1S/C65H92N2O2.B/c1-43(2)44(3)35-48(7)63(14,15)41-47(6)58(38-52-29-33-56(34-30-52)61(69)55-26-21-20-22-27-55)67-51(10)65(18,19)40-46(5)45(4)36-49(8)64(16,17)42-60(68)59(66-50(9)62(11,12)13)39-53-31-32-54-25-23-24-28-57(54)37-53;/h20-34,37,44-45,48-49,51,58-59,66-67H,1,5-6,9,35-36,38-42H2,2-4,7-8,10-19H3;. The van der Waals surface area contributed by atoms with Crippen LogP contribution in [0.5, 0.6) is 0 Å². The third kappa shape index (κ3) is 17.0. The molecule has 0 aliphatic carbocycles. The van der Waals surface area contributed by atoms with Crippen LogP contribution in [0.2, 0.25) is 0 Å². The quantitative estimate of drug-likeness (QED) is 0.0355. The van der Waals surface area contributed by atoms with Gasteiger partial charge in [0.25, 0.3) is 0 Å². The Balaban J connectivity index is 0.0000130. The van der Waals surface area contributed by atoms with Crippen molar-refractivity contribution in [2.24, 2.45) is 45.3 Å². The number of rotatable bonds is 27. The molecule has 0 bridgehead atoms. The van der Waals surface area contributed by atoms with E-state index >= 15 is 0 Å². The molecule has 0 spiro atoms. The van der Waals surface area contributed by atoms with Crippen LogP contribution in [-0.4, -0.2) is 38.1 Å². The van der Waals surface area contributed by atoms with Gasteiger partial charge in [-0.3, -0.25) is 9.59 Å². The normalized spacial score (nSPS) is 15.4. The molecule has 5 heteroatoms. The fourth-order valence-corrected chi connectivity index (χ4v) is 9.51. The molecule has 0 saturated carbocycles. The van der Waals surface area contributed by atoms with Crippen molar-refractivity contribution >= 4 is 30.8 Å². The van der Waals surface area contributed by atoms with Crippen LogP contribution < -0.4 is 10.6 Å². The van der Waals surface area contributed by atoms with Crippen LogP contribution in [-0.2, 0) is 17.6 Å². The second-order valence-corrected chi connectivity index (χ2v) is 24.5. The smallest absolute Gasteiger partial charge is 0.193 e. The zero-order valence-corrected chi connectivity index (χ0v) is 46.5. The van der Waals surface area contributed by atoms with E-state index in [0.717, 1.165) is 43.4 Å². The molecule has 0 fully saturated rings. The van der Waals surface area contributed by atoms with Gasteiger partial charge in [-0.2, -0.15) is 0 Å². The molecule has 4 aromatic carbocycles. The van der Waals surface area contributed by atoms with E-state index in [1.54, 1.807) is 0 Å². The Morgan fingerprint density at radius 3 is 1.60 bits per heavy atom. The van der Waals surface area contributed by atoms with Gasteiger partial charge in [0.2, 0.25) is 0 Å². The molecular formula is C65H92BN2O2. The van der Waals surface area contributed by atoms with E-state index in [1.807, 2.05) is 42.5 Å². The molecule has 4 rings (SSSR count). The summed E-state index contributed by atoms with van der Waals surface area (Å²) in [5, 5.41) is 10.1. The minimum absolute atomic E-state index is 0. The molecule has 0 aromatic heterocycles. The maximum atomic E-state index is 14.4. The third-order valence-electron chi connectivity index (χ3n) is 16.3. The van der Waals surface area contributed by atoms with Crippen molar-refractivity contribution in [2.75, 3.05) is 0 Å². The average Bonchev–Trinajstić information content (AvgIpc) is 3.27. The second kappa shape index (κ2) is 25.1. The van der Waals surface area contributed by atoms with Gasteiger partial charge in [0.15, 0.2) is 11.6 Å². The number of allylic oxidation sites excluding steroid dienone is 3. The molecule has 0 saturated heterocycles. The number of carbonyl (C=O) groups excluding carboxylic acids is 2. The van der Waals surface area contributed by atoms with Crippen molar-refractivity contribution in [1.29, 1.82) is 0 Å². The average molecular weight is 944 g/mol. The highest BCUT2D eigenvalue weighted by atomic mass is 16.1. The van der Waals surface area contributed by atoms with E-state index < -0.39 is 0 Å². The number of hydrogen-bond acceptors (Lipinski definition) is 4. The Morgan fingerprint density at radius 2 is 1.03 bits per heavy atom. The summed E-state index contributed by atoms with van der Waals surface area (Å²) in [4.78, 5) is 27.7. The summed E-state index contributed by atoms with van der Waals surface area (Å²) < 4.78 is 0. The summed E-state index contributed by atoms with van der Waals surface area (Å²) >= 11 is 0. The summed E-state index contributed by atoms with van der Waals surface area (Å²) in [5.74, 6) is 1.77. The van der Waals surface area contributed by atoms with Gasteiger partial charge in [-0.1, -0.05) is 230 Å². The Kier molecular flexibility index (Phi) is 21.3. The van der Waals surface area contributed by atoms with Crippen LogP contribution in [0.4, 0.5) is 0 Å². The van der Waals surface area contributed by atoms with Gasteiger partial charge in [0.1, 0.15) is 0 Å². The van der Waals surface area contributed by atoms with Crippen molar-refractivity contribution in [3.63, 3.8) is 0 Å². The van der Waals surface area contributed by atoms with Gasteiger partial charge in [-0.25, -0.2) is 0 Å². The first-order valence-electron chi connectivity index (χ1n) is 25.9. The maximum Gasteiger partial charge on any atom is 0.193 e. The largest absolute Gasteiger partial charge is 0.378 e. The third-order valence-corrected chi connectivity index (χ3v) is 16.3. The van der Waals surface area contributed by atoms with E-state index in [2.05, 4.69) is 182 Å². The van der Waals surface area contributed by atoms with Gasteiger partial charge < -0.3 is 10.6 Å². The van der Waals surface area contributed by atoms with Gasteiger partial charge >= 0.3 is 0 Å². The summed E-state index contributed by atoms with van der Waals surface area (Å²) in [7, 11) is 0. The number of carbonyl (C=O) groups is 2. The van der Waals surface area contributed by atoms with E-state index in [9.17, 15) is 9.59 Å².